The highest BCUT2D eigenvalue weighted by Crippen LogP contribution is 2.64. The van der Waals surface area contributed by atoms with Crippen LogP contribution < -0.4 is 4.84 Å². The van der Waals surface area contributed by atoms with Crippen molar-refractivity contribution in [2.24, 2.45) is 34.2 Å². The number of hydrogen-bond acceptors (Lipinski definition) is 5. The molecule has 0 aliphatic heterocycles. The fourth-order valence-corrected chi connectivity index (χ4v) is 7.26. The molecule has 1 aromatic rings. The molecule has 1 N–H and O–H groups in total. The second-order valence-corrected chi connectivity index (χ2v) is 10.3. The number of rotatable bonds is 3. The lowest BCUT2D eigenvalue weighted by Crippen LogP contribution is -2.52. The third-order valence-corrected chi connectivity index (χ3v) is 9.02. The molecule has 0 bridgehead atoms. The molecule has 0 amide bonds. The molecule has 168 valence electrons. The van der Waals surface area contributed by atoms with Gasteiger partial charge in [0.05, 0.1) is 10.6 Å². The van der Waals surface area contributed by atoms with E-state index in [0.29, 0.717) is 29.4 Å². The maximum absolute atomic E-state index is 11.1. The minimum atomic E-state index is -0.944. The summed E-state index contributed by atoms with van der Waals surface area (Å²) in [6.45, 7) is 2.23. The molecule has 1 aromatic carbocycles. The Morgan fingerprint density at radius 2 is 1.94 bits per heavy atom. The predicted octanol–water partition coefficient (Wildman–Crippen LogP) is 5.27. The van der Waals surface area contributed by atoms with E-state index < -0.39 is 10.5 Å². The minimum absolute atomic E-state index is 0.0379. The first-order valence-corrected chi connectivity index (χ1v) is 11.7. The van der Waals surface area contributed by atoms with E-state index in [0.717, 1.165) is 57.1 Å². The van der Waals surface area contributed by atoms with Gasteiger partial charge in [0.15, 0.2) is 5.75 Å². The second kappa shape index (κ2) is 7.74. The quantitative estimate of drug-likeness (QED) is 0.399. The van der Waals surface area contributed by atoms with Crippen LogP contribution in [0.15, 0.2) is 41.1 Å². The van der Waals surface area contributed by atoms with Crippen LogP contribution in [0.1, 0.15) is 58.3 Å². The van der Waals surface area contributed by atoms with Crippen LogP contribution in [0.25, 0.3) is 0 Å². The number of hydrogen-bond donors (Lipinski definition) is 1. The van der Waals surface area contributed by atoms with Crippen molar-refractivity contribution in [3.8, 4) is 18.1 Å². The van der Waals surface area contributed by atoms with Gasteiger partial charge < -0.3 is 9.94 Å². The van der Waals surface area contributed by atoms with E-state index in [2.05, 4.69) is 24.1 Å². The van der Waals surface area contributed by atoms with Crippen LogP contribution in [0.2, 0.25) is 0 Å². The van der Waals surface area contributed by atoms with Crippen molar-refractivity contribution < 1.29 is 14.9 Å². The van der Waals surface area contributed by atoms with Gasteiger partial charge in [-0.15, -0.1) is 6.42 Å². The highest BCUT2D eigenvalue weighted by Gasteiger charge is 2.61. The van der Waals surface area contributed by atoms with Crippen molar-refractivity contribution in [2.75, 3.05) is 0 Å². The summed E-state index contributed by atoms with van der Waals surface area (Å²) in [5.74, 6) is 5.69. The fourth-order valence-electron chi connectivity index (χ4n) is 7.26. The second-order valence-electron chi connectivity index (χ2n) is 10.3. The lowest BCUT2D eigenvalue weighted by atomic mass is 9.50. The van der Waals surface area contributed by atoms with Crippen LogP contribution in [0.4, 0.5) is 5.69 Å². The molecule has 3 fully saturated rings. The summed E-state index contributed by atoms with van der Waals surface area (Å²) in [7, 11) is 0. The Kier molecular flexibility index (Phi) is 5.13. The zero-order valence-electron chi connectivity index (χ0n) is 18.5. The molecule has 0 aromatic heterocycles. The Balaban J connectivity index is 1.29. The third kappa shape index (κ3) is 3.26. The molecule has 5 rings (SSSR count). The highest BCUT2D eigenvalue weighted by molar-refractivity contribution is 5.96. The molecular weight excluding hydrogens is 404 g/mol. The fraction of sp³-hybridized carbons (Fsp3) is 0.577. The summed E-state index contributed by atoms with van der Waals surface area (Å²) in [4.78, 5) is 15.9. The van der Waals surface area contributed by atoms with Gasteiger partial charge in [0.25, 0.3) is 5.69 Å². The molecule has 6 nitrogen and oxygen atoms in total. The number of nitro groups is 1. The lowest BCUT2D eigenvalue weighted by molar-refractivity contribution is -0.384. The zero-order valence-corrected chi connectivity index (χ0v) is 18.5. The Hall–Kier alpha value is -2.65. The minimum Gasteiger partial charge on any atom is -0.377 e. The smallest absolute Gasteiger partial charge is 0.269 e. The van der Waals surface area contributed by atoms with Gasteiger partial charge >= 0.3 is 0 Å². The predicted molar refractivity (Wildman–Crippen MR) is 122 cm³/mol. The number of nitro benzene ring substituents is 1. The zero-order chi connectivity index (χ0) is 22.5. The van der Waals surface area contributed by atoms with Gasteiger partial charge in [-0.2, -0.15) is 0 Å². The van der Waals surface area contributed by atoms with Crippen LogP contribution >= 0.6 is 0 Å². The average Bonchev–Trinajstić information content (AvgIpc) is 3.08. The van der Waals surface area contributed by atoms with Crippen LogP contribution in [-0.4, -0.2) is 21.3 Å². The van der Waals surface area contributed by atoms with Gasteiger partial charge in [0.1, 0.15) is 5.60 Å². The number of benzene rings is 1. The molecular formula is C26H30N2O4. The van der Waals surface area contributed by atoms with Crippen LogP contribution in [0.3, 0.4) is 0 Å². The van der Waals surface area contributed by atoms with Crippen LogP contribution in [0, 0.1) is 51.5 Å². The van der Waals surface area contributed by atoms with Crippen molar-refractivity contribution in [3.05, 3.63) is 46.0 Å². The first-order chi connectivity index (χ1) is 15.3. The third-order valence-electron chi connectivity index (χ3n) is 9.02. The molecule has 4 aliphatic carbocycles. The molecule has 0 radical (unpaired) electrons. The molecule has 32 heavy (non-hydrogen) atoms. The summed E-state index contributed by atoms with van der Waals surface area (Å²) in [5.41, 5.74) is 1.37. The average molecular weight is 435 g/mol. The van der Waals surface area contributed by atoms with Crippen molar-refractivity contribution in [2.45, 2.75) is 63.9 Å². The summed E-state index contributed by atoms with van der Waals surface area (Å²) in [5, 5.41) is 26.2. The van der Waals surface area contributed by atoms with Crippen LogP contribution in [0.5, 0.6) is 5.75 Å². The van der Waals surface area contributed by atoms with Gasteiger partial charge in [0.2, 0.25) is 0 Å². The topological polar surface area (TPSA) is 85.0 Å². The van der Waals surface area contributed by atoms with Gasteiger partial charge in [-0.1, -0.05) is 23.6 Å². The number of non-ortho nitro benzene ring substituents is 1. The SMILES string of the molecule is C#C[C@]1(O)CC[C@H]2[C@@H]3CCC4=C/C(=N/Oc5ccc([N+](=O)[O-])cc5)CC[C@@H]4[C@H]3CC[C@@]21C. The molecule has 6 atom stereocenters. The lowest BCUT2D eigenvalue weighted by Gasteiger charge is -2.54. The normalized spacial score (nSPS) is 39.3. The summed E-state index contributed by atoms with van der Waals surface area (Å²) in [6, 6.07) is 5.99. The van der Waals surface area contributed by atoms with E-state index >= 15 is 0 Å². The molecule has 3 saturated carbocycles. The van der Waals surface area contributed by atoms with Crippen LogP contribution in [-0.2, 0) is 0 Å². The largest absolute Gasteiger partial charge is 0.377 e. The van der Waals surface area contributed by atoms with Crippen molar-refractivity contribution in [1.29, 1.82) is 0 Å². The summed E-state index contributed by atoms with van der Waals surface area (Å²) >= 11 is 0. The summed E-state index contributed by atoms with van der Waals surface area (Å²) < 4.78 is 0. The molecule has 0 unspecified atom stereocenters. The standard InChI is InChI=1S/C26H30N2O4/c1-3-26(29)15-13-24-23-10-4-17-16-18(5-11-21(17)22(23)12-14-25(24,26)2)27-32-20-8-6-19(7-9-20)28(30)31/h1,6-9,16,21-24,29H,4-5,10-15H2,2H3/b27-18+/t21-,22+,23+,24-,25-,26-/m0/s1. The summed E-state index contributed by atoms with van der Waals surface area (Å²) in [6.07, 6.45) is 16.1. The van der Waals surface area contributed by atoms with E-state index in [1.54, 1.807) is 12.1 Å². The Bertz CT molecular complexity index is 1020. The number of allylic oxidation sites excluding steroid dienone is 2. The number of terminal acetylenes is 1. The number of oxime groups is 1. The van der Waals surface area contributed by atoms with E-state index in [1.165, 1.54) is 17.7 Å². The van der Waals surface area contributed by atoms with E-state index in [-0.39, 0.29) is 11.1 Å². The molecule has 0 spiro atoms. The van der Waals surface area contributed by atoms with Gasteiger partial charge in [-0.05, 0) is 93.2 Å². The molecule has 0 saturated heterocycles. The van der Waals surface area contributed by atoms with Crippen molar-refractivity contribution >= 4 is 11.4 Å². The maximum Gasteiger partial charge on any atom is 0.269 e. The Labute approximate surface area is 188 Å². The van der Waals surface area contributed by atoms with E-state index in [4.69, 9.17) is 11.3 Å². The van der Waals surface area contributed by atoms with Gasteiger partial charge in [0, 0.05) is 17.5 Å². The van der Waals surface area contributed by atoms with E-state index in [1.807, 2.05) is 0 Å². The number of fused-ring (bicyclic) bond motifs is 5. The molecule has 6 heteroatoms. The monoisotopic (exact) mass is 434 g/mol. The first-order valence-electron chi connectivity index (χ1n) is 11.7. The highest BCUT2D eigenvalue weighted by atomic mass is 16.6. The number of nitrogens with zero attached hydrogens (tertiary/aromatic N) is 2. The first kappa shape index (κ1) is 21.2. The van der Waals surface area contributed by atoms with E-state index in [9.17, 15) is 15.2 Å². The Morgan fingerprint density at radius 3 is 2.66 bits per heavy atom. The van der Waals surface area contributed by atoms with Gasteiger partial charge in [-0.25, -0.2) is 0 Å². The Morgan fingerprint density at radius 1 is 1.16 bits per heavy atom. The molecule has 0 heterocycles. The molecule has 4 aliphatic rings. The number of aliphatic hydroxyl groups is 1. The van der Waals surface area contributed by atoms with Gasteiger partial charge in [-0.3, -0.25) is 10.1 Å². The van der Waals surface area contributed by atoms with Crippen molar-refractivity contribution in [3.63, 3.8) is 0 Å². The van der Waals surface area contributed by atoms with Crippen molar-refractivity contribution in [1.82, 2.24) is 0 Å². The maximum atomic E-state index is 11.1.